The third-order valence-corrected chi connectivity index (χ3v) is 11.3. The number of hydrogen-bond acceptors (Lipinski definition) is 4. The highest BCUT2D eigenvalue weighted by Crippen LogP contribution is 2.41. The average Bonchev–Trinajstić information content (AvgIpc) is 3.29. The third-order valence-electron chi connectivity index (χ3n) is 11.1. The molecule has 5 nitrogen and oxygen atoms in total. The molecule has 0 aliphatic heterocycles. The molecule has 0 unspecified atom stereocenters. The van der Waals surface area contributed by atoms with E-state index in [1.165, 1.54) is 23.2 Å². The zero-order valence-electron chi connectivity index (χ0n) is 37.7. The molecule has 0 atom stereocenters. The number of aromatic nitrogens is 2. The minimum absolute atomic E-state index is 0.00175. The Bertz CT molecular complexity index is 2780. The summed E-state index contributed by atoms with van der Waals surface area (Å²) in [6, 6.07) is -0.132. The highest BCUT2D eigenvalue weighted by molar-refractivity contribution is 7.20. The van der Waals surface area contributed by atoms with Crippen LogP contribution in [0.2, 0.25) is 0 Å². The standard InChI is InChI=1S/C32H12BF24.C14H10Cl3N2O3/c34-25(35,36)13-1-14(26(37,38)39)6-21(5-13)33(22-7-15(27(40,41)42)2-16(8-22)28(43,44)45,23-9-17(29(46,47)48)3-18(10-23)30(49,50)51)24-11-19(31(52,53)54)4-20(12-24)32(55,56)57;15-14(16,17)22-13(21)11-8-18-6-7-19(11)9-12(20)10-4-2-1-3-5-10/h1-12H;1-8H,9H2/q-1;+1. The van der Waals surface area contributed by atoms with E-state index in [1.807, 2.05) is 0 Å². The molecule has 0 fully saturated rings. The van der Waals surface area contributed by atoms with Crippen LogP contribution in [0.15, 0.2) is 122 Å². The summed E-state index contributed by atoms with van der Waals surface area (Å²) in [7, 11) is 0. The van der Waals surface area contributed by atoms with Gasteiger partial charge in [0.1, 0.15) is 12.3 Å². The van der Waals surface area contributed by atoms with Crippen LogP contribution in [0.1, 0.15) is 65.4 Å². The molecule has 0 amide bonds. The SMILES string of the molecule is FC(F)(F)c1cc([B-](c2cc(C(F)(F)F)cc(C(F)(F)F)c2)(c2cc(C(F)(F)F)cc(C(F)(F)F)c2)c2cc(C(F)(F)F)cc(C(F)(F)F)c2)cc(C(F)(F)F)c1.O=C(C[n+]1ccncc1C(=O)OC(Cl)(Cl)Cl)c1ccccc1. The van der Waals surface area contributed by atoms with Crippen molar-refractivity contribution in [1.29, 1.82) is 0 Å². The quantitative estimate of drug-likeness (QED) is 0.0380. The lowest BCUT2D eigenvalue weighted by molar-refractivity contribution is -0.686. The van der Waals surface area contributed by atoms with Gasteiger partial charge in [0.15, 0.2) is 6.20 Å². The van der Waals surface area contributed by atoms with Gasteiger partial charge in [0.2, 0.25) is 12.3 Å². The molecule has 33 heteroatoms. The van der Waals surface area contributed by atoms with Gasteiger partial charge in [0.05, 0.1) is 50.7 Å². The lowest BCUT2D eigenvalue weighted by Gasteiger charge is -2.46. The molecule has 0 bridgehead atoms. The first-order valence-electron chi connectivity index (χ1n) is 20.7. The Hall–Kier alpha value is -6.43. The summed E-state index contributed by atoms with van der Waals surface area (Å²) >= 11 is 16.3. The Balaban J connectivity index is 0.000000433. The smallest absolute Gasteiger partial charge is 0.406 e. The first kappa shape index (κ1) is 63.4. The van der Waals surface area contributed by atoms with E-state index in [1.54, 1.807) is 30.3 Å². The van der Waals surface area contributed by atoms with Gasteiger partial charge in [-0.15, -0.1) is 0 Å². The van der Waals surface area contributed by atoms with Crippen molar-refractivity contribution in [3.05, 3.63) is 177 Å². The molecule has 426 valence electrons. The molecule has 1 aromatic heterocycles. The van der Waals surface area contributed by atoms with Gasteiger partial charge < -0.3 is 4.74 Å². The topological polar surface area (TPSA) is 60.1 Å². The fraction of sp³-hybridized carbons (Fsp3) is 0.217. The van der Waals surface area contributed by atoms with Crippen LogP contribution in [-0.4, -0.2) is 26.9 Å². The number of benzene rings is 5. The maximum atomic E-state index is 14.2. The Kier molecular flexibility index (Phi) is 17.6. The van der Waals surface area contributed by atoms with Crippen molar-refractivity contribution in [1.82, 2.24) is 4.98 Å². The molecular weight excluding hydrogens is 1200 g/mol. The molecule has 5 aromatic carbocycles. The fourth-order valence-electron chi connectivity index (χ4n) is 7.79. The number of rotatable bonds is 8. The molecule has 79 heavy (non-hydrogen) atoms. The molecule has 1 heterocycles. The van der Waals surface area contributed by atoms with Gasteiger partial charge in [-0.2, -0.15) is 132 Å². The number of Topliss-reactive ketones (excluding diaryl/α,β-unsaturated/α-hetero) is 1. The number of hydrogen-bond donors (Lipinski definition) is 0. The number of alkyl halides is 27. The summed E-state index contributed by atoms with van der Waals surface area (Å²) in [5, 5.41) is 0. The second-order valence-electron chi connectivity index (χ2n) is 16.4. The van der Waals surface area contributed by atoms with Gasteiger partial charge in [-0.25, -0.2) is 4.79 Å². The number of carbonyl (C=O) groups excluding carboxylic acids is 2. The van der Waals surface area contributed by atoms with Crippen molar-refractivity contribution in [3.8, 4) is 0 Å². The summed E-state index contributed by atoms with van der Waals surface area (Å²) < 4.78 is 345. The van der Waals surface area contributed by atoms with Crippen LogP contribution in [0.25, 0.3) is 0 Å². The molecule has 0 aliphatic carbocycles. The molecular formula is C46H22BCl3F24N2O3. The average molecular weight is 1220 g/mol. The Labute approximate surface area is 440 Å². The number of nitrogens with zero attached hydrogens (tertiary/aromatic N) is 2. The lowest BCUT2D eigenvalue weighted by atomic mass is 9.12. The summed E-state index contributed by atoms with van der Waals surface area (Å²) in [6.07, 6.45) is -50.7. The van der Waals surface area contributed by atoms with Gasteiger partial charge in [0, 0.05) is 5.56 Å². The second-order valence-corrected chi connectivity index (χ2v) is 18.6. The predicted molar refractivity (Wildman–Crippen MR) is 231 cm³/mol. The zero-order valence-corrected chi connectivity index (χ0v) is 39.9. The maximum Gasteiger partial charge on any atom is 0.416 e. The number of esters is 1. The second kappa shape index (κ2) is 21.9. The summed E-state index contributed by atoms with van der Waals surface area (Å²) in [6.45, 7) is -0.0726. The van der Waals surface area contributed by atoms with Crippen molar-refractivity contribution < 1.29 is 124 Å². The van der Waals surface area contributed by atoms with E-state index in [9.17, 15) is 115 Å². The van der Waals surface area contributed by atoms with Gasteiger partial charge in [-0.05, 0) is 59.1 Å². The fourth-order valence-corrected chi connectivity index (χ4v) is 8.00. The number of ether oxygens (including phenoxy) is 1. The van der Waals surface area contributed by atoms with Gasteiger partial charge in [0.25, 0.3) is 0 Å². The minimum Gasteiger partial charge on any atom is -0.406 e. The molecule has 0 aliphatic rings. The van der Waals surface area contributed by atoms with Gasteiger partial charge >= 0.3 is 65.1 Å². The number of ketones is 1. The van der Waals surface area contributed by atoms with E-state index in [-0.39, 0.29) is 18.0 Å². The molecule has 0 saturated heterocycles. The molecule has 0 radical (unpaired) electrons. The van der Waals surface area contributed by atoms with E-state index in [0.717, 1.165) is 0 Å². The van der Waals surface area contributed by atoms with Crippen molar-refractivity contribution in [2.24, 2.45) is 0 Å². The molecule has 6 rings (SSSR count). The van der Waals surface area contributed by atoms with Gasteiger partial charge in [-0.1, -0.05) is 78.9 Å². The van der Waals surface area contributed by atoms with Crippen molar-refractivity contribution in [2.45, 2.75) is 59.9 Å². The van der Waals surface area contributed by atoms with Crippen LogP contribution in [0, 0.1) is 0 Å². The van der Waals surface area contributed by atoms with Crippen molar-refractivity contribution in [2.75, 3.05) is 0 Å². The van der Waals surface area contributed by atoms with E-state index >= 15 is 0 Å². The van der Waals surface area contributed by atoms with E-state index in [0.29, 0.717) is 5.56 Å². The van der Waals surface area contributed by atoms with Crippen LogP contribution in [0.5, 0.6) is 0 Å². The highest BCUT2D eigenvalue weighted by atomic mass is 35.6. The van der Waals surface area contributed by atoms with E-state index in [2.05, 4.69) is 9.72 Å². The summed E-state index contributed by atoms with van der Waals surface area (Å²) in [4.78, 5) is 28.0. The van der Waals surface area contributed by atoms with Crippen LogP contribution in [-0.2, 0) is 60.7 Å². The normalized spacial score (nSPS) is 13.4. The van der Waals surface area contributed by atoms with Crippen molar-refractivity contribution >= 4 is 74.6 Å². The number of halogens is 27. The Morgan fingerprint density at radius 1 is 0.430 bits per heavy atom. The molecule has 6 aromatic rings. The number of carbonyl (C=O) groups is 2. The Morgan fingerprint density at radius 2 is 0.696 bits per heavy atom. The van der Waals surface area contributed by atoms with E-state index < -0.39 is 205 Å². The maximum absolute atomic E-state index is 14.2. The zero-order chi connectivity index (χ0) is 60.1. The van der Waals surface area contributed by atoms with Gasteiger partial charge in [-0.3, -0.25) is 9.78 Å². The minimum atomic E-state index is -6.13. The highest BCUT2D eigenvalue weighted by Gasteiger charge is 2.47. The van der Waals surface area contributed by atoms with E-state index in [4.69, 9.17) is 34.8 Å². The van der Waals surface area contributed by atoms with Crippen LogP contribution < -0.4 is 26.4 Å². The predicted octanol–water partition coefficient (Wildman–Crippen LogP) is 14.0. The molecule has 0 saturated carbocycles. The van der Waals surface area contributed by atoms with Crippen LogP contribution >= 0.6 is 34.8 Å². The summed E-state index contributed by atoms with van der Waals surface area (Å²) in [5.74, 6) is -1.08. The lowest BCUT2D eigenvalue weighted by Crippen LogP contribution is -2.75. The van der Waals surface area contributed by atoms with Crippen molar-refractivity contribution in [3.63, 3.8) is 0 Å². The Morgan fingerprint density at radius 3 is 0.937 bits per heavy atom. The molecule has 0 spiro atoms. The third kappa shape index (κ3) is 15.5. The largest absolute Gasteiger partial charge is 0.416 e. The van der Waals surface area contributed by atoms with Crippen LogP contribution in [0.3, 0.4) is 0 Å². The first-order chi connectivity index (χ1) is 35.6. The first-order valence-corrected chi connectivity index (χ1v) is 21.8. The monoisotopic (exact) mass is 1220 g/mol. The molecule has 0 N–H and O–H groups in total. The van der Waals surface area contributed by atoms with Crippen LogP contribution in [0.4, 0.5) is 105 Å². The summed E-state index contributed by atoms with van der Waals surface area (Å²) in [5.41, 5.74) is -29.7.